The number of hydrogen-bond donors (Lipinski definition) is 0. The van der Waals surface area contributed by atoms with Gasteiger partial charge in [0.1, 0.15) is 0 Å². The van der Waals surface area contributed by atoms with Crippen LogP contribution in [-0.2, 0) is 21.7 Å². The third kappa shape index (κ3) is 11.8. The number of fused-ring (bicyclic) bond motifs is 7. The summed E-state index contributed by atoms with van der Waals surface area (Å²) in [6.07, 6.45) is 0. The number of benzene rings is 12. The molecule has 12 aromatic carbocycles. The van der Waals surface area contributed by atoms with E-state index in [-0.39, 0.29) is 28.4 Å². The molecule has 0 aliphatic carbocycles. The lowest BCUT2D eigenvalue weighted by atomic mass is 9.33. The summed E-state index contributed by atoms with van der Waals surface area (Å²) < 4.78 is 2.45. The van der Waals surface area contributed by atoms with Crippen LogP contribution in [0, 0.1) is 0 Å². The van der Waals surface area contributed by atoms with Gasteiger partial charge in [-0.15, -0.1) is 0 Å². The Morgan fingerprint density at radius 1 is 0.260 bits per heavy atom. The van der Waals surface area contributed by atoms with Crippen LogP contribution in [0.2, 0.25) is 0 Å². The van der Waals surface area contributed by atoms with E-state index in [1.54, 1.807) is 0 Å². The number of anilines is 6. The van der Waals surface area contributed by atoms with Crippen molar-refractivity contribution < 1.29 is 0 Å². The van der Waals surface area contributed by atoms with Gasteiger partial charge in [0.05, 0.1) is 39.5 Å². The molecule has 0 atom stereocenters. The predicted molar refractivity (Wildman–Crippen MR) is 439 cm³/mol. The molecule has 5 heterocycles. The molecule has 506 valence electrons. The summed E-state index contributed by atoms with van der Waals surface area (Å²) in [5.41, 5.74) is 30.0. The first kappa shape index (κ1) is 65.6. The minimum Gasteiger partial charge on any atom is -0.311 e. The van der Waals surface area contributed by atoms with E-state index in [1.807, 2.05) is 30.3 Å². The van der Waals surface area contributed by atoms with Gasteiger partial charge >= 0.3 is 0 Å². The lowest BCUT2D eigenvalue weighted by molar-refractivity contribution is 0.568. The molecule has 0 fully saturated rings. The number of nitrogens with zero attached hydrogens (tertiary/aromatic N) is 7. The molecular formula is C96H84BN7. The molecule has 0 saturated carbocycles. The maximum absolute atomic E-state index is 5.60. The highest BCUT2D eigenvalue weighted by atomic mass is 15.2. The van der Waals surface area contributed by atoms with Crippen LogP contribution in [0.3, 0.4) is 0 Å². The second-order valence-corrected chi connectivity index (χ2v) is 32.4. The second kappa shape index (κ2) is 25.1. The number of para-hydroxylation sites is 3. The molecule has 7 nitrogen and oxygen atoms in total. The van der Waals surface area contributed by atoms with Crippen LogP contribution in [0.4, 0.5) is 34.1 Å². The Balaban J connectivity index is 0.929. The summed E-state index contributed by atoms with van der Waals surface area (Å²) in [7, 11) is 0. The molecule has 0 unspecified atom stereocenters. The molecule has 17 rings (SSSR count). The number of aromatic nitrogens is 5. The lowest BCUT2D eigenvalue weighted by Crippen LogP contribution is -2.61. The van der Waals surface area contributed by atoms with Gasteiger partial charge in [-0.05, 0) is 162 Å². The average Bonchev–Trinajstić information content (AvgIpc) is 0.740. The first-order valence-corrected chi connectivity index (χ1v) is 36.5. The Kier molecular flexibility index (Phi) is 15.8. The normalized spacial score (nSPS) is 12.9. The minimum atomic E-state index is -0.119. The van der Waals surface area contributed by atoms with Gasteiger partial charge in [-0.2, -0.15) is 0 Å². The Bertz CT molecular complexity index is 5520. The maximum atomic E-state index is 5.60. The Hall–Kier alpha value is -11.7. The molecule has 3 aromatic heterocycles. The van der Waals surface area contributed by atoms with Crippen LogP contribution >= 0.6 is 0 Å². The third-order valence-corrected chi connectivity index (χ3v) is 21.2. The zero-order valence-electron chi connectivity index (χ0n) is 61.4. The van der Waals surface area contributed by atoms with Crippen molar-refractivity contribution in [1.82, 2.24) is 24.5 Å². The van der Waals surface area contributed by atoms with E-state index in [2.05, 4.69) is 358 Å². The SMILES string of the molecule is CC(C)(C)c1cc(N2c3ccccc3B3c4ccccc4N(c4cc(C(C)(C)C)cc(C(C)(C)C)c4)c4cc(-c5ccc6c(c5)c5ccccc5n6-c5ccc(-c6cc(-c7ccccc7)nc(-c7ccccc7)n6)cc5-c5cc(-c6ccccc6)nc(-c6ccccc6)n5)cc2c43)cc(C(C)(C)C)c1. The van der Waals surface area contributed by atoms with E-state index in [0.29, 0.717) is 11.6 Å². The molecule has 104 heavy (non-hydrogen) atoms. The van der Waals surface area contributed by atoms with Gasteiger partial charge in [-0.3, -0.25) is 0 Å². The van der Waals surface area contributed by atoms with Crippen molar-refractivity contribution in [2.24, 2.45) is 0 Å². The molecule has 0 spiro atoms. The minimum absolute atomic E-state index is 0.0515. The standard InChI is InChI=1S/C96H84BN7/c1-93(2,3)68-53-69(94(4,5)6)56-72(55-68)102-86-43-29-26-40-77(86)97-78-41-27-30-44-87(78)103(73-57-70(95(7,8)9)54-71(58-73)96(10,11)12)89-52-67(51-88(102)90(89)97)65-45-47-84-75(49-65)74-39-25-28-42-83(74)104(84)85-48-46-66(81-59-79(61-31-17-13-18-32-61)98-91(100-81)63-35-21-15-22-36-63)50-76(85)82-60-80(62-33-19-14-20-34-62)99-92(101-82)64-37-23-16-24-38-64/h13-60H,1-12H3. The fourth-order valence-corrected chi connectivity index (χ4v) is 15.5. The van der Waals surface area contributed by atoms with E-state index < -0.39 is 0 Å². The average molecular weight is 1350 g/mol. The summed E-state index contributed by atoms with van der Waals surface area (Å²) in [6.45, 7) is 28.1. The van der Waals surface area contributed by atoms with E-state index in [9.17, 15) is 0 Å². The van der Waals surface area contributed by atoms with Crippen LogP contribution in [-0.4, -0.2) is 31.2 Å². The quantitative estimate of drug-likeness (QED) is 0.127. The largest absolute Gasteiger partial charge is 0.311 e. The third-order valence-electron chi connectivity index (χ3n) is 21.2. The Labute approximate surface area is 612 Å². The summed E-state index contributed by atoms with van der Waals surface area (Å²) in [5.74, 6) is 1.29. The van der Waals surface area contributed by atoms with Gasteiger partial charge < -0.3 is 14.4 Å². The summed E-state index contributed by atoms with van der Waals surface area (Å²) >= 11 is 0. The monoisotopic (exact) mass is 1350 g/mol. The molecule has 0 N–H and O–H groups in total. The summed E-state index contributed by atoms with van der Waals surface area (Å²) in [4.78, 5) is 26.8. The smallest absolute Gasteiger partial charge is 0.252 e. The van der Waals surface area contributed by atoms with Crippen molar-refractivity contribution in [2.75, 3.05) is 9.80 Å². The summed E-state index contributed by atoms with van der Waals surface area (Å²) in [6, 6.07) is 107. The topological polar surface area (TPSA) is 63.0 Å². The number of rotatable bonds is 10. The molecule has 0 saturated heterocycles. The van der Waals surface area contributed by atoms with Gasteiger partial charge in [0.15, 0.2) is 11.6 Å². The van der Waals surface area contributed by atoms with Crippen LogP contribution in [0.15, 0.2) is 291 Å². The molecule has 0 amide bonds. The number of hydrogen-bond acceptors (Lipinski definition) is 6. The first-order chi connectivity index (χ1) is 50.1. The van der Waals surface area contributed by atoms with E-state index in [1.165, 1.54) is 61.4 Å². The van der Waals surface area contributed by atoms with Gasteiger partial charge in [-0.25, -0.2) is 19.9 Å². The molecule has 2 aliphatic heterocycles. The predicted octanol–water partition coefficient (Wildman–Crippen LogP) is 23.3. The van der Waals surface area contributed by atoms with Crippen molar-refractivity contribution in [3.8, 4) is 84.6 Å². The fourth-order valence-electron chi connectivity index (χ4n) is 15.5. The van der Waals surface area contributed by atoms with Gasteiger partial charge in [0.2, 0.25) is 0 Å². The van der Waals surface area contributed by atoms with Crippen LogP contribution in [0.25, 0.3) is 106 Å². The maximum Gasteiger partial charge on any atom is 0.252 e. The van der Waals surface area contributed by atoms with E-state index >= 15 is 0 Å². The zero-order chi connectivity index (χ0) is 71.6. The highest BCUT2D eigenvalue weighted by Crippen LogP contribution is 2.50. The van der Waals surface area contributed by atoms with Gasteiger partial charge in [0, 0.05) is 78.3 Å². The highest BCUT2D eigenvalue weighted by molar-refractivity contribution is 7.00. The van der Waals surface area contributed by atoms with Crippen molar-refractivity contribution in [2.45, 2.75) is 105 Å². The van der Waals surface area contributed by atoms with Crippen LogP contribution in [0.5, 0.6) is 0 Å². The Morgan fingerprint density at radius 3 is 1.12 bits per heavy atom. The highest BCUT2D eigenvalue weighted by Gasteiger charge is 2.44. The van der Waals surface area contributed by atoms with Crippen LogP contribution < -0.4 is 26.2 Å². The molecule has 15 aromatic rings. The van der Waals surface area contributed by atoms with E-state index in [0.717, 1.165) is 106 Å². The molecular weight excluding hydrogens is 1260 g/mol. The lowest BCUT2D eigenvalue weighted by Gasteiger charge is -2.45. The second-order valence-electron chi connectivity index (χ2n) is 32.4. The molecule has 8 heteroatoms. The molecule has 2 aliphatic rings. The first-order valence-electron chi connectivity index (χ1n) is 36.5. The summed E-state index contributed by atoms with van der Waals surface area (Å²) in [5, 5.41) is 2.27. The zero-order valence-corrected chi connectivity index (χ0v) is 61.4. The van der Waals surface area contributed by atoms with Crippen LogP contribution in [0.1, 0.15) is 105 Å². The molecule has 0 bridgehead atoms. The molecule has 0 radical (unpaired) electrons. The fraction of sp³-hybridized carbons (Fsp3) is 0.167. The van der Waals surface area contributed by atoms with Crippen molar-refractivity contribution in [1.29, 1.82) is 0 Å². The van der Waals surface area contributed by atoms with Gasteiger partial charge in [-0.1, -0.05) is 283 Å². The van der Waals surface area contributed by atoms with Gasteiger partial charge in [0.25, 0.3) is 6.71 Å². The Morgan fingerprint density at radius 2 is 0.644 bits per heavy atom. The van der Waals surface area contributed by atoms with Crippen molar-refractivity contribution >= 4 is 79.0 Å². The van der Waals surface area contributed by atoms with Crippen molar-refractivity contribution in [3.63, 3.8) is 0 Å². The van der Waals surface area contributed by atoms with Crippen molar-refractivity contribution in [3.05, 3.63) is 313 Å². The van der Waals surface area contributed by atoms with E-state index in [4.69, 9.17) is 19.9 Å².